The highest BCUT2D eigenvalue weighted by Crippen LogP contribution is 2.31. The van der Waals surface area contributed by atoms with Crippen molar-refractivity contribution in [3.8, 4) is 22.7 Å². The first-order valence-electron chi connectivity index (χ1n) is 13.5. The summed E-state index contributed by atoms with van der Waals surface area (Å²) in [4.78, 5) is 15.6. The number of hydrogen-bond donors (Lipinski definition) is 2. The zero-order valence-electron chi connectivity index (χ0n) is 22.9. The van der Waals surface area contributed by atoms with Gasteiger partial charge in [-0.1, -0.05) is 23.4 Å². The number of halogens is 6. The second-order valence-corrected chi connectivity index (χ2v) is 10.3. The topological polar surface area (TPSA) is 135 Å². The van der Waals surface area contributed by atoms with E-state index in [0.29, 0.717) is 17.7 Å². The Morgan fingerprint density at radius 1 is 1.09 bits per heavy atom. The average Bonchev–Trinajstić information content (AvgIpc) is 3.64. The first kappa shape index (κ1) is 31.1. The molecule has 3 aromatic heterocycles. The maximum atomic E-state index is 14.7. The van der Waals surface area contributed by atoms with Crippen LogP contribution >= 0.6 is 0 Å². The van der Waals surface area contributed by atoms with E-state index < -0.39 is 30.3 Å². The number of alkyl halides is 5. The van der Waals surface area contributed by atoms with Crippen LogP contribution in [0.25, 0.3) is 22.7 Å². The third-order valence-corrected chi connectivity index (χ3v) is 7.34. The monoisotopic (exact) mass is 624 g/mol. The Kier molecular flexibility index (Phi) is 9.24. The molecule has 2 aliphatic rings. The molecule has 0 saturated carbocycles. The van der Waals surface area contributed by atoms with Gasteiger partial charge in [-0.15, -0.1) is 15.3 Å². The highest BCUT2D eigenvalue weighted by Gasteiger charge is 2.38. The summed E-state index contributed by atoms with van der Waals surface area (Å²) in [6, 6.07) is 10.2. The predicted octanol–water partition coefficient (Wildman–Crippen LogP) is 4.30. The van der Waals surface area contributed by atoms with Crippen molar-refractivity contribution in [3.05, 3.63) is 65.7 Å². The molecule has 2 saturated heterocycles. The standard InChI is InChI=1S/C25H25F3N8O.C2HF3O2/c26-20-9-18(24-32-33-25(37-24)23(27)28)10-30-22(20)14-36-13-21(31-34-36)17-3-1-2-16(8-17)15-4-6-35(7-5-15)19-11-29-12-19;3-2(4,5)1(6)7/h1-3,8-10,13,15,19,23,29H,4-7,11-12,14H2;(H,6,7). The van der Waals surface area contributed by atoms with E-state index in [-0.39, 0.29) is 23.7 Å². The van der Waals surface area contributed by atoms with Crippen molar-refractivity contribution in [2.75, 3.05) is 26.2 Å². The van der Waals surface area contributed by atoms with Gasteiger partial charge in [0.1, 0.15) is 11.5 Å². The average molecular weight is 625 g/mol. The predicted molar refractivity (Wildman–Crippen MR) is 141 cm³/mol. The molecule has 4 aromatic rings. The van der Waals surface area contributed by atoms with E-state index in [9.17, 15) is 26.3 Å². The van der Waals surface area contributed by atoms with Crippen molar-refractivity contribution in [1.29, 1.82) is 0 Å². The normalized spacial score (nSPS) is 16.4. The van der Waals surface area contributed by atoms with Crippen molar-refractivity contribution >= 4 is 5.97 Å². The van der Waals surface area contributed by atoms with Crippen LogP contribution in [0.3, 0.4) is 0 Å². The van der Waals surface area contributed by atoms with E-state index in [1.54, 1.807) is 6.20 Å². The number of nitrogens with one attached hydrogen (secondary N) is 1. The molecular formula is C27H26F6N8O3. The quantitative estimate of drug-likeness (QED) is 0.287. The van der Waals surface area contributed by atoms with E-state index in [1.165, 1.54) is 16.4 Å². The van der Waals surface area contributed by atoms with Crippen LogP contribution in [0.15, 0.2) is 47.1 Å². The summed E-state index contributed by atoms with van der Waals surface area (Å²) in [5.74, 6) is -3.92. The molecule has 234 valence electrons. The number of rotatable bonds is 7. The lowest BCUT2D eigenvalue weighted by molar-refractivity contribution is -0.192. The molecule has 6 rings (SSSR count). The molecule has 2 N–H and O–H groups in total. The maximum absolute atomic E-state index is 14.7. The molecule has 44 heavy (non-hydrogen) atoms. The molecule has 2 fully saturated rings. The third-order valence-electron chi connectivity index (χ3n) is 7.34. The van der Waals surface area contributed by atoms with Gasteiger partial charge >= 0.3 is 18.6 Å². The van der Waals surface area contributed by atoms with Crippen LogP contribution in [-0.4, -0.2) is 84.5 Å². The van der Waals surface area contributed by atoms with Crippen molar-refractivity contribution in [2.45, 2.75) is 43.9 Å². The minimum Gasteiger partial charge on any atom is -0.475 e. The highest BCUT2D eigenvalue weighted by molar-refractivity contribution is 5.73. The van der Waals surface area contributed by atoms with Gasteiger partial charge in [0, 0.05) is 30.9 Å². The third kappa shape index (κ3) is 7.39. The van der Waals surface area contributed by atoms with Crippen LogP contribution in [0.4, 0.5) is 26.3 Å². The summed E-state index contributed by atoms with van der Waals surface area (Å²) in [7, 11) is 0. The smallest absolute Gasteiger partial charge is 0.475 e. The van der Waals surface area contributed by atoms with Crippen molar-refractivity contribution in [3.63, 3.8) is 0 Å². The van der Waals surface area contributed by atoms with E-state index in [4.69, 9.17) is 14.3 Å². The summed E-state index contributed by atoms with van der Waals surface area (Å²) >= 11 is 0. The Morgan fingerprint density at radius 2 is 1.82 bits per heavy atom. The van der Waals surface area contributed by atoms with Crippen LogP contribution in [0.2, 0.25) is 0 Å². The Morgan fingerprint density at radius 3 is 2.41 bits per heavy atom. The van der Waals surface area contributed by atoms with Gasteiger partial charge in [-0.3, -0.25) is 9.88 Å². The van der Waals surface area contributed by atoms with E-state index in [2.05, 4.69) is 47.8 Å². The molecule has 0 spiro atoms. The lowest BCUT2D eigenvalue weighted by Crippen LogP contribution is -2.58. The van der Waals surface area contributed by atoms with Crippen LogP contribution in [0, 0.1) is 5.82 Å². The summed E-state index contributed by atoms with van der Waals surface area (Å²) in [6.07, 6.45) is -2.65. The number of benzene rings is 1. The summed E-state index contributed by atoms with van der Waals surface area (Å²) in [5, 5.41) is 25.7. The lowest BCUT2D eigenvalue weighted by atomic mass is 9.87. The molecule has 0 aliphatic carbocycles. The molecular weight excluding hydrogens is 598 g/mol. The van der Waals surface area contributed by atoms with Gasteiger partial charge in [-0.05, 0) is 49.5 Å². The van der Waals surface area contributed by atoms with Crippen LogP contribution < -0.4 is 5.32 Å². The Bertz CT molecular complexity index is 1580. The van der Waals surface area contributed by atoms with Crippen molar-refractivity contribution < 1.29 is 40.7 Å². The van der Waals surface area contributed by atoms with Gasteiger partial charge < -0.3 is 14.8 Å². The number of piperidine rings is 1. The van der Waals surface area contributed by atoms with Crippen LogP contribution in [0.5, 0.6) is 0 Å². The van der Waals surface area contributed by atoms with Gasteiger partial charge in [-0.25, -0.2) is 13.9 Å². The first-order valence-corrected chi connectivity index (χ1v) is 13.5. The van der Waals surface area contributed by atoms with Gasteiger partial charge in [0.2, 0.25) is 5.89 Å². The number of pyridine rings is 1. The molecule has 0 bridgehead atoms. The number of carboxylic acids is 1. The largest absolute Gasteiger partial charge is 0.490 e. The van der Waals surface area contributed by atoms with Crippen molar-refractivity contribution in [1.82, 2.24) is 40.4 Å². The van der Waals surface area contributed by atoms with Gasteiger partial charge in [0.05, 0.1) is 24.0 Å². The van der Waals surface area contributed by atoms with E-state index >= 15 is 0 Å². The molecule has 2 aliphatic heterocycles. The number of nitrogens with zero attached hydrogens (tertiary/aromatic N) is 7. The first-order chi connectivity index (χ1) is 21.0. The minimum atomic E-state index is -5.08. The zero-order valence-corrected chi connectivity index (χ0v) is 22.9. The SMILES string of the molecule is Fc1cc(-c2nnc(C(F)F)o2)cnc1Cn1cc(-c2cccc(C3CCN(C4CNC4)CC3)c2)nn1.O=C(O)C(F)(F)F. The number of carboxylic acid groups (broad SMARTS) is 1. The summed E-state index contributed by atoms with van der Waals surface area (Å²) in [5.41, 5.74) is 3.20. The molecule has 5 heterocycles. The Hall–Kier alpha value is -4.38. The fourth-order valence-electron chi connectivity index (χ4n) is 4.88. The molecule has 17 heteroatoms. The van der Waals surface area contributed by atoms with Crippen molar-refractivity contribution in [2.24, 2.45) is 0 Å². The fraction of sp³-hybridized carbons (Fsp3) is 0.407. The number of aromatic nitrogens is 6. The molecule has 0 atom stereocenters. The van der Waals surface area contributed by atoms with E-state index in [0.717, 1.165) is 50.7 Å². The number of likely N-dealkylation sites (tertiary alicyclic amines) is 1. The summed E-state index contributed by atoms with van der Waals surface area (Å²) < 4.78 is 78.2. The van der Waals surface area contributed by atoms with Gasteiger partial charge in [-0.2, -0.15) is 22.0 Å². The van der Waals surface area contributed by atoms with Gasteiger partial charge in [0.15, 0.2) is 0 Å². The summed E-state index contributed by atoms with van der Waals surface area (Å²) in [6.45, 7) is 4.49. The molecule has 11 nitrogen and oxygen atoms in total. The zero-order chi connectivity index (χ0) is 31.4. The molecule has 0 radical (unpaired) electrons. The molecule has 0 amide bonds. The number of carbonyl (C=O) groups is 1. The van der Waals surface area contributed by atoms with E-state index in [1.807, 2.05) is 12.1 Å². The highest BCUT2D eigenvalue weighted by atomic mass is 19.4. The number of hydrogen-bond acceptors (Lipinski definition) is 9. The Labute approximate surface area is 245 Å². The van der Waals surface area contributed by atoms with Crippen LogP contribution in [-0.2, 0) is 11.3 Å². The van der Waals surface area contributed by atoms with Gasteiger partial charge in [0.25, 0.3) is 5.89 Å². The molecule has 1 aromatic carbocycles. The Balaban J connectivity index is 0.000000493. The minimum absolute atomic E-state index is 0.0550. The lowest BCUT2D eigenvalue weighted by Gasteiger charge is -2.42. The second kappa shape index (κ2) is 13.1. The fourth-order valence-corrected chi connectivity index (χ4v) is 4.88. The molecule has 0 unspecified atom stereocenters. The van der Waals surface area contributed by atoms with Crippen LogP contribution in [0.1, 0.15) is 42.3 Å². The maximum Gasteiger partial charge on any atom is 0.490 e. The number of aliphatic carboxylic acids is 1. The second-order valence-electron chi connectivity index (χ2n) is 10.3.